The van der Waals surface area contributed by atoms with Gasteiger partial charge in [0.1, 0.15) is 17.3 Å². The van der Waals surface area contributed by atoms with E-state index in [1.165, 1.54) is 28.0 Å². The lowest BCUT2D eigenvalue weighted by atomic mass is 9.96. The SMILES string of the molecule is CCOC(=O)C1=C(C)N=c2s/c(=C\c3ccc(-c4ccc(I)cc4)o3)c(=O)n2[C@@H]1c1ccc(F)cc1. The van der Waals surface area contributed by atoms with Crippen molar-refractivity contribution in [1.29, 1.82) is 0 Å². The molecule has 5 rings (SSSR count). The molecule has 0 spiro atoms. The molecule has 36 heavy (non-hydrogen) atoms. The number of halogens is 2. The lowest BCUT2D eigenvalue weighted by molar-refractivity contribution is -0.139. The summed E-state index contributed by atoms with van der Waals surface area (Å²) in [6, 6.07) is 16.5. The number of thiazole rings is 1. The molecule has 0 unspecified atom stereocenters. The molecule has 4 aromatic rings. The van der Waals surface area contributed by atoms with Gasteiger partial charge in [-0.05, 0) is 78.4 Å². The molecule has 0 radical (unpaired) electrons. The second kappa shape index (κ2) is 9.98. The number of fused-ring (bicyclic) bond motifs is 1. The molecule has 1 aliphatic heterocycles. The van der Waals surface area contributed by atoms with Gasteiger partial charge in [-0.3, -0.25) is 9.36 Å². The number of rotatable bonds is 5. The first kappa shape index (κ1) is 24.4. The Morgan fingerprint density at radius 2 is 1.89 bits per heavy atom. The summed E-state index contributed by atoms with van der Waals surface area (Å²) >= 11 is 3.45. The van der Waals surface area contributed by atoms with Crippen LogP contribution in [0.25, 0.3) is 17.4 Å². The van der Waals surface area contributed by atoms with E-state index in [0.717, 1.165) is 9.13 Å². The summed E-state index contributed by atoms with van der Waals surface area (Å²) in [6.07, 6.45) is 1.67. The first-order valence-electron chi connectivity index (χ1n) is 11.2. The molecule has 0 saturated carbocycles. The Bertz CT molecular complexity index is 1660. The van der Waals surface area contributed by atoms with Crippen molar-refractivity contribution in [3.63, 3.8) is 0 Å². The van der Waals surface area contributed by atoms with E-state index in [0.29, 0.717) is 32.1 Å². The number of esters is 1. The van der Waals surface area contributed by atoms with Gasteiger partial charge in [-0.15, -0.1) is 0 Å². The van der Waals surface area contributed by atoms with Gasteiger partial charge in [0.15, 0.2) is 4.80 Å². The average Bonchev–Trinajstić information content (AvgIpc) is 3.44. The predicted octanol–water partition coefficient (Wildman–Crippen LogP) is 4.80. The molecule has 2 aromatic heterocycles. The maximum atomic E-state index is 13.7. The molecule has 2 aromatic carbocycles. The van der Waals surface area contributed by atoms with Gasteiger partial charge in [0.05, 0.1) is 28.5 Å². The highest BCUT2D eigenvalue weighted by Crippen LogP contribution is 2.31. The van der Waals surface area contributed by atoms with Crippen LogP contribution in [0.3, 0.4) is 0 Å². The topological polar surface area (TPSA) is 73.8 Å². The number of nitrogens with zero attached hydrogens (tertiary/aromatic N) is 2. The van der Waals surface area contributed by atoms with Gasteiger partial charge in [-0.25, -0.2) is 14.2 Å². The zero-order valence-corrected chi connectivity index (χ0v) is 22.3. The number of ether oxygens (including phenoxy) is 1. The Hall–Kier alpha value is -3.31. The van der Waals surface area contributed by atoms with Gasteiger partial charge in [-0.2, -0.15) is 0 Å². The van der Waals surface area contributed by atoms with Crippen molar-refractivity contribution in [2.45, 2.75) is 19.9 Å². The van der Waals surface area contributed by atoms with Gasteiger partial charge in [0.2, 0.25) is 0 Å². The minimum Gasteiger partial charge on any atom is -0.463 e. The predicted molar refractivity (Wildman–Crippen MR) is 144 cm³/mol. The van der Waals surface area contributed by atoms with Crippen LogP contribution in [0.1, 0.15) is 31.2 Å². The zero-order valence-electron chi connectivity index (χ0n) is 19.3. The highest BCUT2D eigenvalue weighted by atomic mass is 127. The average molecular weight is 614 g/mol. The lowest BCUT2D eigenvalue weighted by Gasteiger charge is -2.24. The summed E-state index contributed by atoms with van der Waals surface area (Å²) in [6.45, 7) is 3.60. The van der Waals surface area contributed by atoms with Gasteiger partial charge < -0.3 is 9.15 Å². The number of aromatic nitrogens is 1. The third-order valence-corrected chi connectivity index (χ3v) is 7.43. The number of carbonyl (C=O) groups excluding carboxylic acids is 1. The maximum absolute atomic E-state index is 13.7. The normalized spacial score (nSPS) is 15.6. The number of hydrogen-bond donors (Lipinski definition) is 0. The van der Waals surface area contributed by atoms with Crippen molar-refractivity contribution < 1.29 is 18.3 Å². The molecule has 0 saturated heterocycles. The van der Waals surface area contributed by atoms with Crippen LogP contribution in [-0.4, -0.2) is 17.1 Å². The monoisotopic (exact) mass is 614 g/mol. The lowest BCUT2D eigenvalue weighted by Crippen LogP contribution is -2.39. The minimum absolute atomic E-state index is 0.178. The molecule has 9 heteroatoms. The molecule has 0 amide bonds. The Balaban J connectivity index is 1.63. The highest BCUT2D eigenvalue weighted by molar-refractivity contribution is 14.1. The van der Waals surface area contributed by atoms with Gasteiger partial charge in [0.25, 0.3) is 5.56 Å². The van der Waals surface area contributed by atoms with Crippen LogP contribution in [0.15, 0.2) is 86.1 Å². The van der Waals surface area contributed by atoms with Crippen LogP contribution >= 0.6 is 33.9 Å². The summed E-state index contributed by atoms with van der Waals surface area (Å²) in [5.74, 6) is 0.241. The second-order valence-corrected chi connectivity index (χ2v) is 10.3. The molecular formula is C27H20FIN2O4S. The number of benzene rings is 2. The highest BCUT2D eigenvalue weighted by Gasteiger charge is 2.33. The van der Waals surface area contributed by atoms with Crippen molar-refractivity contribution >= 4 is 46.0 Å². The smallest absolute Gasteiger partial charge is 0.338 e. The van der Waals surface area contributed by atoms with E-state index in [9.17, 15) is 14.0 Å². The van der Waals surface area contributed by atoms with Crippen LogP contribution in [-0.2, 0) is 9.53 Å². The van der Waals surface area contributed by atoms with Crippen molar-refractivity contribution in [3.05, 3.63) is 112 Å². The van der Waals surface area contributed by atoms with Crippen molar-refractivity contribution in [3.8, 4) is 11.3 Å². The standard InChI is InChI=1S/C27H20FIN2O4S/c1-3-34-26(33)23-15(2)30-27-31(24(23)17-4-8-18(28)9-5-17)25(32)22(36-27)14-20-12-13-21(35-20)16-6-10-19(29)11-7-16/h4-14,24H,3H2,1-2H3/b22-14-/t24-/m1/s1. The molecule has 182 valence electrons. The molecule has 0 bridgehead atoms. The van der Waals surface area contributed by atoms with E-state index >= 15 is 0 Å². The van der Waals surface area contributed by atoms with E-state index in [4.69, 9.17) is 9.15 Å². The molecule has 6 nitrogen and oxygen atoms in total. The fraction of sp³-hybridized carbons (Fsp3) is 0.148. The fourth-order valence-electron chi connectivity index (χ4n) is 4.08. The van der Waals surface area contributed by atoms with E-state index < -0.39 is 17.8 Å². The number of carbonyl (C=O) groups is 1. The Morgan fingerprint density at radius 3 is 2.58 bits per heavy atom. The molecular weight excluding hydrogens is 594 g/mol. The van der Waals surface area contributed by atoms with Crippen LogP contribution in [0.2, 0.25) is 0 Å². The molecule has 0 N–H and O–H groups in total. The quantitative estimate of drug-likeness (QED) is 0.239. The summed E-state index contributed by atoms with van der Waals surface area (Å²) in [5, 5.41) is 0. The van der Waals surface area contributed by atoms with E-state index in [-0.39, 0.29) is 17.7 Å². The summed E-state index contributed by atoms with van der Waals surface area (Å²) < 4.78 is 27.9. The van der Waals surface area contributed by atoms with Crippen molar-refractivity contribution in [1.82, 2.24) is 4.57 Å². The first-order valence-corrected chi connectivity index (χ1v) is 13.1. The van der Waals surface area contributed by atoms with Crippen LogP contribution in [0.4, 0.5) is 4.39 Å². The van der Waals surface area contributed by atoms with E-state index in [1.54, 1.807) is 38.1 Å². The van der Waals surface area contributed by atoms with Gasteiger partial charge in [0, 0.05) is 15.2 Å². The van der Waals surface area contributed by atoms with Gasteiger partial charge in [-0.1, -0.05) is 35.6 Å². The molecule has 3 heterocycles. The maximum Gasteiger partial charge on any atom is 0.338 e. The van der Waals surface area contributed by atoms with Crippen molar-refractivity contribution in [2.24, 2.45) is 4.99 Å². The summed E-state index contributed by atoms with van der Waals surface area (Å²) in [5.41, 5.74) is 1.90. The zero-order chi connectivity index (χ0) is 25.4. The Morgan fingerprint density at radius 1 is 1.17 bits per heavy atom. The Kier molecular flexibility index (Phi) is 6.76. The van der Waals surface area contributed by atoms with E-state index in [2.05, 4.69) is 27.6 Å². The number of hydrogen-bond acceptors (Lipinski definition) is 6. The van der Waals surface area contributed by atoms with Crippen LogP contribution in [0.5, 0.6) is 0 Å². The first-order chi connectivity index (χ1) is 17.4. The van der Waals surface area contributed by atoms with Crippen LogP contribution < -0.4 is 14.9 Å². The number of furan rings is 1. The third kappa shape index (κ3) is 4.60. The van der Waals surface area contributed by atoms with Gasteiger partial charge >= 0.3 is 5.97 Å². The molecule has 0 aliphatic carbocycles. The second-order valence-electron chi connectivity index (χ2n) is 8.06. The minimum atomic E-state index is -0.790. The molecule has 0 fully saturated rings. The number of allylic oxidation sites excluding steroid dienone is 1. The Labute approximate surface area is 223 Å². The molecule has 1 atom stereocenters. The summed E-state index contributed by atoms with van der Waals surface area (Å²) in [7, 11) is 0. The summed E-state index contributed by atoms with van der Waals surface area (Å²) in [4.78, 5) is 31.5. The largest absolute Gasteiger partial charge is 0.463 e. The van der Waals surface area contributed by atoms with E-state index in [1.807, 2.05) is 30.3 Å². The van der Waals surface area contributed by atoms with Crippen LogP contribution in [0, 0.1) is 9.39 Å². The molecule has 1 aliphatic rings. The fourth-order valence-corrected chi connectivity index (χ4v) is 5.47. The van der Waals surface area contributed by atoms with Crippen molar-refractivity contribution in [2.75, 3.05) is 6.61 Å². The third-order valence-electron chi connectivity index (χ3n) is 5.73.